The highest BCUT2D eigenvalue weighted by Gasteiger charge is 2.21. The summed E-state index contributed by atoms with van der Waals surface area (Å²) in [4.78, 5) is 5.04. The molecule has 2 N–H and O–H groups in total. The summed E-state index contributed by atoms with van der Waals surface area (Å²) in [5.74, 6) is 0. The van der Waals surface area contributed by atoms with Crippen molar-refractivity contribution in [1.82, 2.24) is 5.48 Å². The lowest BCUT2D eigenvalue weighted by Crippen LogP contribution is -2.39. The van der Waals surface area contributed by atoms with Crippen molar-refractivity contribution in [2.24, 2.45) is 0 Å². The Balaban J connectivity index is 3.39. The molecule has 0 amide bonds. The summed E-state index contributed by atoms with van der Waals surface area (Å²) in [5.41, 5.74) is 2.09. The van der Waals surface area contributed by atoms with Crippen molar-refractivity contribution >= 4 is 0 Å². The van der Waals surface area contributed by atoms with Gasteiger partial charge in [0, 0.05) is 13.7 Å². The monoisotopic (exact) mass is 191 g/mol. The summed E-state index contributed by atoms with van der Waals surface area (Å²) in [5, 5.41) is 9.81. The number of methoxy groups -OCH3 is 1. The van der Waals surface area contributed by atoms with Gasteiger partial charge in [0.25, 0.3) is 0 Å². The standard InChI is InChI=1S/C9H21NO3/c1-4-9(11,5-2)8-10-13-7-6-12-3/h10-11H,4-8H2,1-3H3. The fourth-order valence-electron chi connectivity index (χ4n) is 0.883. The van der Waals surface area contributed by atoms with Crippen LogP contribution in [0.3, 0.4) is 0 Å². The maximum atomic E-state index is 9.81. The van der Waals surface area contributed by atoms with Crippen LogP contribution in [0.5, 0.6) is 0 Å². The van der Waals surface area contributed by atoms with E-state index in [-0.39, 0.29) is 0 Å². The van der Waals surface area contributed by atoms with Crippen LogP contribution in [-0.4, -0.2) is 37.6 Å². The summed E-state index contributed by atoms with van der Waals surface area (Å²) >= 11 is 0. The lowest BCUT2D eigenvalue weighted by atomic mass is 9.98. The number of hydrogen-bond donors (Lipinski definition) is 2. The molecule has 4 heteroatoms. The van der Waals surface area contributed by atoms with Crippen molar-refractivity contribution in [3.8, 4) is 0 Å². The number of rotatable bonds is 8. The second kappa shape index (κ2) is 7.26. The number of aliphatic hydroxyl groups is 1. The summed E-state index contributed by atoms with van der Waals surface area (Å²) in [7, 11) is 1.62. The highest BCUT2D eigenvalue weighted by Crippen LogP contribution is 2.12. The minimum atomic E-state index is -0.646. The van der Waals surface area contributed by atoms with E-state index in [1.54, 1.807) is 7.11 Å². The Morgan fingerprint density at radius 2 is 1.85 bits per heavy atom. The molecule has 0 saturated carbocycles. The smallest absolute Gasteiger partial charge is 0.0915 e. The van der Waals surface area contributed by atoms with Crippen LogP contribution < -0.4 is 5.48 Å². The minimum Gasteiger partial charge on any atom is -0.388 e. The van der Waals surface area contributed by atoms with Gasteiger partial charge in [0.2, 0.25) is 0 Å². The SMILES string of the molecule is CCC(O)(CC)CNOCCOC. The van der Waals surface area contributed by atoms with E-state index in [0.29, 0.717) is 19.8 Å². The van der Waals surface area contributed by atoms with E-state index in [1.807, 2.05) is 13.8 Å². The van der Waals surface area contributed by atoms with Crippen LogP contribution in [0, 0.1) is 0 Å². The molecule has 0 aromatic rings. The third-order valence-corrected chi connectivity index (χ3v) is 2.21. The maximum Gasteiger partial charge on any atom is 0.0915 e. The molecule has 0 atom stereocenters. The molecule has 0 aliphatic rings. The molecule has 80 valence electrons. The summed E-state index contributed by atoms with van der Waals surface area (Å²) < 4.78 is 4.80. The molecule has 0 aromatic carbocycles. The second-order valence-corrected chi connectivity index (χ2v) is 3.09. The fraction of sp³-hybridized carbons (Fsp3) is 1.00. The first-order chi connectivity index (χ1) is 6.18. The van der Waals surface area contributed by atoms with Gasteiger partial charge in [-0.2, -0.15) is 5.48 Å². The van der Waals surface area contributed by atoms with Crippen LogP contribution in [0.25, 0.3) is 0 Å². The molecule has 0 bridgehead atoms. The van der Waals surface area contributed by atoms with Crippen molar-refractivity contribution in [2.45, 2.75) is 32.3 Å². The molecule has 0 aliphatic carbocycles. The molecular formula is C9H21NO3. The van der Waals surface area contributed by atoms with E-state index in [9.17, 15) is 5.11 Å². The van der Waals surface area contributed by atoms with E-state index < -0.39 is 5.60 Å². The fourth-order valence-corrected chi connectivity index (χ4v) is 0.883. The van der Waals surface area contributed by atoms with Gasteiger partial charge in [0.15, 0.2) is 0 Å². The molecule has 0 rings (SSSR count). The molecular weight excluding hydrogens is 170 g/mol. The predicted octanol–water partition coefficient (Wildman–Crippen LogP) is 0.705. The van der Waals surface area contributed by atoms with E-state index in [1.165, 1.54) is 0 Å². The zero-order chi connectivity index (χ0) is 10.2. The molecule has 0 aliphatic heterocycles. The van der Waals surface area contributed by atoms with Crippen LogP contribution in [0.2, 0.25) is 0 Å². The first-order valence-electron chi connectivity index (χ1n) is 4.74. The number of hydroxylamine groups is 1. The largest absolute Gasteiger partial charge is 0.388 e. The van der Waals surface area contributed by atoms with Gasteiger partial charge in [-0.3, -0.25) is 4.84 Å². The van der Waals surface area contributed by atoms with Gasteiger partial charge in [-0.05, 0) is 12.8 Å². The summed E-state index contributed by atoms with van der Waals surface area (Å²) in [6.45, 7) is 5.44. The van der Waals surface area contributed by atoms with Crippen LogP contribution in [-0.2, 0) is 9.57 Å². The summed E-state index contributed by atoms with van der Waals surface area (Å²) in [6.07, 6.45) is 1.45. The molecule has 0 heterocycles. The second-order valence-electron chi connectivity index (χ2n) is 3.09. The lowest BCUT2D eigenvalue weighted by molar-refractivity contribution is -0.0475. The molecule has 0 saturated heterocycles. The highest BCUT2D eigenvalue weighted by molar-refractivity contribution is 4.75. The van der Waals surface area contributed by atoms with Crippen molar-refractivity contribution < 1.29 is 14.7 Å². The van der Waals surface area contributed by atoms with E-state index in [2.05, 4.69) is 5.48 Å². The van der Waals surface area contributed by atoms with E-state index in [4.69, 9.17) is 9.57 Å². The van der Waals surface area contributed by atoms with Crippen LogP contribution >= 0.6 is 0 Å². The number of nitrogens with one attached hydrogen (secondary N) is 1. The van der Waals surface area contributed by atoms with Gasteiger partial charge in [-0.25, -0.2) is 0 Å². The van der Waals surface area contributed by atoms with Crippen LogP contribution in [0.1, 0.15) is 26.7 Å². The number of hydrogen-bond acceptors (Lipinski definition) is 4. The van der Waals surface area contributed by atoms with Gasteiger partial charge >= 0.3 is 0 Å². The van der Waals surface area contributed by atoms with Crippen molar-refractivity contribution in [3.05, 3.63) is 0 Å². The van der Waals surface area contributed by atoms with Gasteiger partial charge in [0.1, 0.15) is 0 Å². The average molecular weight is 191 g/mol. The van der Waals surface area contributed by atoms with E-state index in [0.717, 1.165) is 12.8 Å². The first-order valence-corrected chi connectivity index (χ1v) is 4.74. The molecule has 4 nitrogen and oxygen atoms in total. The third-order valence-electron chi connectivity index (χ3n) is 2.21. The minimum absolute atomic E-state index is 0.462. The predicted molar refractivity (Wildman–Crippen MR) is 51.4 cm³/mol. The van der Waals surface area contributed by atoms with Gasteiger partial charge in [-0.1, -0.05) is 13.8 Å². The Kier molecular flexibility index (Phi) is 7.17. The Morgan fingerprint density at radius 1 is 1.23 bits per heavy atom. The molecule has 0 aromatic heterocycles. The quantitative estimate of drug-likeness (QED) is 0.438. The molecule has 0 radical (unpaired) electrons. The van der Waals surface area contributed by atoms with E-state index >= 15 is 0 Å². The van der Waals surface area contributed by atoms with Gasteiger partial charge in [-0.15, -0.1) is 0 Å². The Bertz CT molecular complexity index is 115. The average Bonchev–Trinajstić information content (AvgIpc) is 2.17. The molecule has 13 heavy (non-hydrogen) atoms. The van der Waals surface area contributed by atoms with Crippen molar-refractivity contribution in [2.75, 3.05) is 26.9 Å². The number of ether oxygens (including phenoxy) is 1. The van der Waals surface area contributed by atoms with Gasteiger partial charge in [0.05, 0.1) is 18.8 Å². The van der Waals surface area contributed by atoms with Crippen LogP contribution in [0.4, 0.5) is 0 Å². The Hall–Kier alpha value is -0.160. The first kappa shape index (κ1) is 12.8. The zero-order valence-corrected chi connectivity index (χ0v) is 8.80. The molecule has 0 fully saturated rings. The van der Waals surface area contributed by atoms with Crippen molar-refractivity contribution in [1.29, 1.82) is 0 Å². The normalized spacial score (nSPS) is 12.0. The summed E-state index contributed by atoms with van der Waals surface area (Å²) in [6, 6.07) is 0. The highest BCUT2D eigenvalue weighted by atomic mass is 16.7. The Morgan fingerprint density at radius 3 is 2.31 bits per heavy atom. The Labute approximate surface area is 80.2 Å². The zero-order valence-electron chi connectivity index (χ0n) is 8.80. The lowest BCUT2D eigenvalue weighted by Gasteiger charge is -2.24. The van der Waals surface area contributed by atoms with Gasteiger partial charge < -0.3 is 9.84 Å². The molecule has 0 unspecified atom stereocenters. The van der Waals surface area contributed by atoms with Crippen molar-refractivity contribution in [3.63, 3.8) is 0 Å². The molecule has 0 spiro atoms. The maximum absolute atomic E-state index is 9.81. The topological polar surface area (TPSA) is 50.7 Å². The third kappa shape index (κ3) is 5.99. The van der Waals surface area contributed by atoms with Crippen LogP contribution in [0.15, 0.2) is 0 Å².